The van der Waals surface area contributed by atoms with Gasteiger partial charge >= 0.3 is 5.97 Å². The molecule has 1 N–H and O–H groups in total. The van der Waals surface area contributed by atoms with Crippen LogP contribution in [-0.2, 0) is 19.6 Å². The van der Waals surface area contributed by atoms with Crippen molar-refractivity contribution in [2.75, 3.05) is 13.7 Å². The van der Waals surface area contributed by atoms with Crippen molar-refractivity contribution >= 4 is 49.2 Å². The van der Waals surface area contributed by atoms with Crippen LogP contribution in [0.2, 0.25) is 0 Å². The number of rotatable bonds is 6. The van der Waals surface area contributed by atoms with Gasteiger partial charge in [-0.25, -0.2) is 17.9 Å². The largest absolute Gasteiger partial charge is 0.482 e. The molecule has 1 amide bonds. The molecule has 0 radical (unpaired) electrons. The number of benzene rings is 1. The minimum absolute atomic E-state index is 0.0146. The third-order valence-electron chi connectivity index (χ3n) is 2.72. The lowest BCUT2D eigenvalue weighted by Gasteiger charge is -2.08. The zero-order valence-electron chi connectivity index (χ0n) is 12.3. The molecule has 1 aromatic heterocycles. The molecule has 2 rings (SSSR count). The van der Waals surface area contributed by atoms with E-state index < -0.39 is 21.9 Å². The highest BCUT2D eigenvalue weighted by Crippen LogP contribution is 2.26. The Kier molecular flexibility index (Phi) is 5.97. The highest BCUT2D eigenvalue weighted by molar-refractivity contribution is 9.11. The van der Waals surface area contributed by atoms with Gasteiger partial charge in [-0.05, 0) is 46.3 Å². The minimum Gasteiger partial charge on any atom is -0.482 e. The van der Waals surface area contributed by atoms with E-state index in [-0.39, 0.29) is 22.1 Å². The van der Waals surface area contributed by atoms with E-state index in [1.54, 1.807) is 6.07 Å². The SMILES string of the molecule is COC(=O)COc1cccc(C(=O)NS(=O)(=O)c2ccc(Br)s2)c1. The first kappa shape index (κ1) is 18.4. The van der Waals surface area contributed by atoms with Crippen LogP contribution in [0, 0.1) is 0 Å². The number of carbonyl (C=O) groups is 2. The molecule has 0 unspecified atom stereocenters. The lowest BCUT2D eigenvalue weighted by atomic mass is 10.2. The zero-order valence-corrected chi connectivity index (χ0v) is 15.5. The highest BCUT2D eigenvalue weighted by atomic mass is 79.9. The maximum Gasteiger partial charge on any atom is 0.343 e. The van der Waals surface area contributed by atoms with E-state index in [1.165, 1.54) is 37.4 Å². The Balaban J connectivity index is 2.11. The molecule has 2 aromatic rings. The lowest BCUT2D eigenvalue weighted by Crippen LogP contribution is -2.30. The Bertz CT molecular complexity index is 862. The van der Waals surface area contributed by atoms with Crippen molar-refractivity contribution in [2.24, 2.45) is 0 Å². The number of esters is 1. The molecule has 0 aliphatic carbocycles. The second kappa shape index (κ2) is 7.77. The fraction of sp³-hybridized carbons (Fsp3) is 0.143. The van der Waals surface area contributed by atoms with Gasteiger partial charge in [0, 0.05) is 5.56 Å². The Hall–Kier alpha value is -1.91. The monoisotopic (exact) mass is 433 g/mol. The molecule has 24 heavy (non-hydrogen) atoms. The molecule has 0 atom stereocenters. The average molecular weight is 434 g/mol. The third kappa shape index (κ3) is 4.79. The summed E-state index contributed by atoms with van der Waals surface area (Å²) in [5.41, 5.74) is 0.0802. The topological polar surface area (TPSA) is 98.8 Å². The van der Waals surface area contributed by atoms with Gasteiger partial charge in [-0.15, -0.1) is 11.3 Å². The van der Waals surface area contributed by atoms with Gasteiger partial charge in [0.05, 0.1) is 10.9 Å². The molecule has 0 spiro atoms. The summed E-state index contributed by atoms with van der Waals surface area (Å²) in [4.78, 5) is 23.2. The first-order valence-corrected chi connectivity index (χ1v) is 9.53. The van der Waals surface area contributed by atoms with Gasteiger partial charge in [-0.3, -0.25) is 4.79 Å². The van der Waals surface area contributed by atoms with E-state index in [2.05, 4.69) is 20.7 Å². The van der Waals surface area contributed by atoms with Gasteiger partial charge in [0.2, 0.25) is 0 Å². The van der Waals surface area contributed by atoms with Crippen molar-refractivity contribution in [1.29, 1.82) is 0 Å². The Morgan fingerprint density at radius 2 is 2.00 bits per heavy atom. The summed E-state index contributed by atoms with van der Waals surface area (Å²) in [5, 5.41) is 0. The van der Waals surface area contributed by atoms with E-state index in [4.69, 9.17) is 4.74 Å². The van der Waals surface area contributed by atoms with Gasteiger partial charge < -0.3 is 9.47 Å². The molecule has 7 nitrogen and oxygen atoms in total. The molecular weight excluding hydrogens is 422 g/mol. The van der Waals surface area contributed by atoms with Crippen LogP contribution in [-0.4, -0.2) is 34.0 Å². The number of methoxy groups -OCH3 is 1. The number of thiophene rings is 1. The molecule has 128 valence electrons. The number of ether oxygens (including phenoxy) is 2. The standard InChI is InChI=1S/C14H12BrNO6S2/c1-21-12(17)8-22-10-4-2-3-9(7-10)14(18)16-24(19,20)13-6-5-11(15)23-13/h2-7H,8H2,1H3,(H,16,18). The summed E-state index contributed by atoms with van der Waals surface area (Å²) in [6, 6.07) is 8.77. The molecule has 1 aromatic carbocycles. The van der Waals surface area contributed by atoms with Crippen molar-refractivity contribution < 1.29 is 27.5 Å². The number of sulfonamides is 1. The van der Waals surface area contributed by atoms with Gasteiger partial charge in [0.1, 0.15) is 9.96 Å². The first-order valence-electron chi connectivity index (χ1n) is 6.44. The van der Waals surface area contributed by atoms with Gasteiger partial charge in [0.25, 0.3) is 15.9 Å². The summed E-state index contributed by atoms with van der Waals surface area (Å²) in [7, 11) is -2.73. The molecular formula is C14H12BrNO6S2. The number of hydrogen-bond donors (Lipinski definition) is 1. The summed E-state index contributed by atoms with van der Waals surface area (Å²) in [6.07, 6.45) is 0. The van der Waals surface area contributed by atoms with E-state index in [9.17, 15) is 18.0 Å². The van der Waals surface area contributed by atoms with Crippen molar-refractivity contribution in [3.8, 4) is 5.75 Å². The fourth-order valence-corrected chi connectivity index (χ4v) is 4.59. The second-order valence-electron chi connectivity index (χ2n) is 4.39. The van der Waals surface area contributed by atoms with E-state index in [1.807, 2.05) is 4.72 Å². The molecule has 0 fully saturated rings. The van der Waals surface area contributed by atoms with E-state index in [0.717, 1.165) is 11.3 Å². The number of nitrogens with one attached hydrogen (secondary N) is 1. The highest BCUT2D eigenvalue weighted by Gasteiger charge is 2.20. The Morgan fingerprint density at radius 1 is 1.25 bits per heavy atom. The first-order chi connectivity index (χ1) is 11.3. The number of carbonyl (C=O) groups excluding carboxylic acids is 2. The Morgan fingerprint density at radius 3 is 2.62 bits per heavy atom. The minimum atomic E-state index is -3.96. The van der Waals surface area contributed by atoms with Crippen LogP contribution < -0.4 is 9.46 Å². The van der Waals surface area contributed by atoms with Crippen LogP contribution in [0.25, 0.3) is 0 Å². The van der Waals surface area contributed by atoms with Crippen LogP contribution in [0.4, 0.5) is 0 Å². The molecule has 0 saturated carbocycles. The van der Waals surface area contributed by atoms with Crippen molar-refractivity contribution in [3.63, 3.8) is 0 Å². The van der Waals surface area contributed by atoms with Crippen molar-refractivity contribution in [2.45, 2.75) is 4.21 Å². The molecule has 0 bridgehead atoms. The maximum atomic E-state index is 12.1. The number of hydrogen-bond acceptors (Lipinski definition) is 7. The fourth-order valence-electron chi connectivity index (χ4n) is 1.60. The zero-order chi connectivity index (χ0) is 17.7. The van der Waals surface area contributed by atoms with Crippen molar-refractivity contribution in [1.82, 2.24) is 4.72 Å². The smallest absolute Gasteiger partial charge is 0.343 e. The van der Waals surface area contributed by atoms with Crippen LogP contribution >= 0.6 is 27.3 Å². The second-order valence-corrected chi connectivity index (χ2v) is 8.76. The summed E-state index contributed by atoms with van der Waals surface area (Å²) in [6.45, 7) is -0.316. The van der Waals surface area contributed by atoms with Crippen LogP contribution in [0.15, 0.2) is 44.4 Å². The lowest BCUT2D eigenvalue weighted by molar-refractivity contribution is -0.142. The number of amides is 1. The van der Waals surface area contributed by atoms with Gasteiger partial charge in [0.15, 0.2) is 6.61 Å². The van der Waals surface area contributed by atoms with Crippen molar-refractivity contribution in [3.05, 3.63) is 45.7 Å². The molecule has 10 heteroatoms. The van der Waals surface area contributed by atoms with Gasteiger partial charge in [-0.2, -0.15) is 0 Å². The quantitative estimate of drug-likeness (QED) is 0.700. The predicted octanol–water partition coefficient (Wildman–Crippen LogP) is 2.18. The van der Waals surface area contributed by atoms with Crippen LogP contribution in [0.1, 0.15) is 10.4 Å². The average Bonchev–Trinajstić information content (AvgIpc) is 3.00. The summed E-state index contributed by atoms with van der Waals surface area (Å²) < 4.78 is 36.5. The maximum absolute atomic E-state index is 12.1. The van der Waals surface area contributed by atoms with E-state index in [0.29, 0.717) is 3.79 Å². The molecule has 0 aliphatic rings. The summed E-state index contributed by atoms with van der Waals surface area (Å²) in [5.74, 6) is -1.14. The van der Waals surface area contributed by atoms with Crippen LogP contribution in [0.3, 0.4) is 0 Å². The van der Waals surface area contributed by atoms with Crippen LogP contribution in [0.5, 0.6) is 5.75 Å². The third-order valence-corrected chi connectivity index (χ3v) is 6.17. The molecule has 0 saturated heterocycles. The van der Waals surface area contributed by atoms with Gasteiger partial charge in [-0.1, -0.05) is 6.07 Å². The molecule has 1 heterocycles. The normalized spacial score (nSPS) is 10.9. The number of halogens is 1. The van der Waals surface area contributed by atoms with E-state index >= 15 is 0 Å². The predicted molar refractivity (Wildman–Crippen MR) is 90.6 cm³/mol. The summed E-state index contributed by atoms with van der Waals surface area (Å²) >= 11 is 4.15. The Labute approximate surface area is 150 Å². The molecule has 0 aliphatic heterocycles.